The van der Waals surface area contributed by atoms with Gasteiger partial charge in [-0.2, -0.15) is 0 Å². The molecule has 2 saturated carbocycles. The summed E-state index contributed by atoms with van der Waals surface area (Å²) in [5.74, 6) is 0.285. The van der Waals surface area contributed by atoms with Crippen LogP contribution in [-0.2, 0) is 11.3 Å². The number of hydrogen-bond acceptors (Lipinski definition) is 4. The van der Waals surface area contributed by atoms with Gasteiger partial charge in [-0.3, -0.25) is 4.79 Å². The molecule has 1 aromatic carbocycles. The Kier molecular flexibility index (Phi) is 4.36. The van der Waals surface area contributed by atoms with Gasteiger partial charge in [0.05, 0.1) is 6.10 Å². The summed E-state index contributed by atoms with van der Waals surface area (Å²) in [7, 11) is 0. The third-order valence-corrected chi connectivity index (χ3v) is 4.75. The summed E-state index contributed by atoms with van der Waals surface area (Å²) < 4.78 is 0. The molecule has 0 unspecified atom stereocenters. The molecule has 0 heterocycles. The van der Waals surface area contributed by atoms with Gasteiger partial charge in [-0.25, -0.2) is 0 Å². The van der Waals surface area contributed by atoms with E-state index < -0.39 is 6.10 Å². The molecular weight excluding hydrogens is 280 g/mol. The third kappa shape index (κ3) is 3.42. The van der Waals surface area contributed by atoms with Crippen molar-refractivity contribution >= 4 is 5.91 Å². The summed E-state index contributed by atoms with van der Waals surface area (Å²) in [6.45, 7) is 0.534. The Morgan fingerprint density at radius 3 is 2.68 bits per heavy atom. The number of hydrogen-bond donors (Lipinski definition) is 3. The van der Waals surface area contributed by atoms with E-state index in [1.54, 1.807) is 18.2 Å². The number of phenols is 1. The van der Waals surface area contributed by atoms with Crippen molar-refractivity contribution in [2.75, 3.05) is 0 Å². The van der Waals surface area contributed by atoms with Gasteiger partial charge in [-0.15, -0.1) is 0 Å². The predicted octanol–water partition coefficient (Wildman–Crippen LogP) is 1.37. The number of phenolic OH excluding ortho intramolecular Hbond substituents is 1. The number of nitrogens with two attached hydrogens (primary N) is 1. The number of carbonyl (C=O) groups excluding carboxylic acids is 1. The average Bonchev–Trinajstić information content (AvgIpc) is 3.32. The molecule has 0 spiro atoms. The maximum absolute atomic E-state index is 12.8. The monoisotopic (exact) mass is 304 g/mol. The molecule has 120 valence electrons. The van der Waals surface area contributed by atoms with Gasteiger partial charge in [-0.1, -0.05) is 12.1 Å². The van der Waals surface area contributed by atoms with Gasteiger partial charge in [0.15, 0.2) is 0 Å². The molecule has 0 bridgehead atoms. The zero-order chi connectivity index (χ0) is 15.7. The van der Waals surface area contributed by atoms with Crippen molar-refractivity contribution in [2.24, 2.45) is 11.7 Å². The van der Waals surface area contributed by atoms with Gasteiger partial charge in [0.2, 0.25) is 5.91 Å². The Morgan fingerprint density at radius 1 is 1.27 bits per heavy atom. The van der Waals surface area contributed by atoms with E-state index in [0.29, 0.717) is 31.8 Å². The molecule has 1 aromatic rings. The van der Waals surface area contributed by atoms with Gasteiger partial charge in [0, 0.05) is 24.5 Å². The minimum absolute atomic E-state index is 0.0868. The fourth-order valence-corrected chi connectivity index (χ4v) is 3.27. The minimum Gasteiger partial charge on any atom is -0.508 e. The predicted molar refractivity (Wildman–Crippen MR) is 83.0 cm³/mol. The second-order valence-corrected chi connectivity index (χ2v) is 6.61. The number of rotatable bonds is 4. The molecule has 1 amide bonds. The van der Waals surface area contributed by atoms with Crippen LogP contribution in [0.4, 0.5) is 0 Å². The van der Waals surface area contributed by atoms with Crippen molar-refractivity contribution in [3.63, 3.8) is 0 Å². The van der Waals surface area contributed by atoms with Crippen LogP contribution in [0, 0.1) is 5.92 Å². The first kappa shape index (κ1) is 15.3. The highest BCUT2D eigenvalue weighted by Gasteiger charge is 2.38. The van der Waals surface area contributed by atoms with Crippen LogP contribution in [0.15, 0.2) is 24.3 Å². The van der Waals surface area contributed by atoms with Crippen LogP contribution in [-0.4, -0.2) is 39.2 Å². The first-order valence-corrected chi connectivity index (χ1v) is 8.06. The van der Waals surface area contributed by atoms with Crippen molar-refractivity contribution in [3.05, 3.63) is 29.8 Å². The second-order valence-electron chi connectivity index (χ2n) is 6.61. The number of carbonyl (C=O) groups is 1. The molecule has 0 aliphatic heterocycles. The van der Waals surface area contributed by atoms with Crippen molar-refractivity contribution < 1.29 is 15.0 Å². The Labute approximate surface area is 130 Å². The largest absolute Gasteiger partial charge is 0.508 e. The van der Waals surface area contributed by atoms with E-state index in [1.807, 2.05) is 11.0 Å². The number of amides is 1. The molecule has 0 aromatic heterocycles. The smallest absolute Gasteiger partial charge is 0.226 e. The summed E-state index contributed by atoms with van der Waals surface area (Å²) in [6.07, 6.45) is 3.48. The second kappa shape index (κ2) is 6.26. The average molecular weight is 304 g/mol. The van der Waals surface area contributed by atoms with Gasteiger partial charge in [0.1, 0.15) is 5.75 Å². The number of aliphatic hydroxyl groups excluding tert-OH is 1. The highest BCUT2D eigenvalue weighted by molar-refractivity contribution is 5.79. The first-order valence-electron chi connectivity index (χ1n) is 8.06. The number of nitrogens with zero attached hydrogens (tertiary/aromatic N) is 1. The molecule has 2 fully saturated rings. The van der Waals surface area contributed by atoms with Gasteiger partial charge < -0.3 is 20.8 Å². The van der Waals surface area contributed by atoms with Crippen molar-refractivity contribution in [3.8, 4) is 5.75 Å². The van der Waals surface area contributed by atoms with Crippen LogP contribution in [0.1, 0.15) is 37.7 Å². The Hall–Kier alpha value is -1.59. The van der Waals surface area contributed by atoms with Crippen molar-refractivity contribution in [1.82, 2.24) is 4.90 Å². The molecular formula is C17H24N2O3. The maximum atomic E-state index is 12.8. The fourth-order valence-electron chi connectivity index (χ4n) is 3.27. The molecule has 0 saturated heterocycles. The quantitative estimate of drug-likeness (QED) is 0.784. The number of aliphatic hydroxyl groups is 1. The standard InChI is InChI=1S/C17H24N2O3/c18-15-9-12(4-7-16(15)21)17(22)19(13-5-6-13)10-11-2-1-3-14(20)8-11/h1-3,8,12-13,15-16,20-21H,4-7,9-10,18H2/t12-,15+,16+/m0/s1. The Morgan fingerprint density at radius 2 is 2.05 bits per heavy atom. The van der Waals surface area contributed by atoms with E-state index in [9.17, 15) is 15.0 Å². The molecule has 4 N–H and O–H groups in total. The number of aromatic hydroxyl groups is 1. The molecule has 5 nitrogen and oxygen atoms in total. The van der Waals surface area contributed by atoms with E-state index in [-0.39, 0.29) is 23.6 Å². The van der Waals surface area contributed by atoms with Gasteiger partial charge in [0.25, 0.3) is 0 Å². The molecule has 0 radical (unpaired) electrons. The lowest BCUT2D eigenvalue weighted by Gasteiger charge is -2.34. The molecule has 22 heavy (non-hydrogen) atoms. The Balaban J connectivity index is 1.70. The number of benzene rings is 1. The summed E-state index contributed by atoms with van der Waals surface area (Å²) in [6, 6.07) is 7.08. The van der Waals surface area contributed by atoms with E-state index in [4.69, 9.17) is 5.73 Å². The lowest BCUT2D eigenvalue weighted by atomic mass is 9.83. The highest BCUT2D eigenvalue weighted by atomic mass is 16.3. The van der Waals surface area contributed by atoms with Crippen molar-refractivity contribution in [1.29, 1.82) is 0 Å². The highest BCUT2D eigenvalue weighted by Crippen LogP contribution is 2.33. The molecule has 3 rings (SSSR count). The minimum atomic E-state index is -0.482. The van der Waals surface area contributed by atoms with Crippen LogP contribution < -0.4 is 5.73 Å². The van der Waals surface area contributed by atoms with Crippen LogP contribution in [0.3, 0.4) is 0 Å². The van der Waals surface area contributed by atoms with E-state index in [2.05, 4.69) is 0 Å². The van der Waals surface area contributed by atoms with Crippen LogP contribution in [0.5, 0.6) is 5.75 Å². The normalized spacial score (nSPS) is 28.4. The summed E-state index contributed by atoms with van der Waals surface area (Å²) in [4.78, 5) is 14.8. The topological polar surface area (TPSA) is 86.8 Å². The van der Waals surface area contributed by atoms with E-state index >= 15 is 0 Å². The van der Waals surface area contributed by atoms with Gasteiger partial charge in [-0.05, 0) is 49.8 Å². The molecule has 5 heteroatoms. The lowest BCUT2D eigenvalue weighted by molar-refractivity contribution is -0.138. The van der Waals surface area contributed by atoms with E-state index in [1.165, 1.54) is 0 Å². The fraction of sp³-hybridized carbons (Fsp3) is 0.588. The van der Waals surface area contributed by atoms with Crippen LogP contribution >= 0.6 is 0 Å². The summed E-state index contributed by atoms with van der Waals surface area (Å²) >= 11 is 0. The van der Waals surface area contributed by atoms with Crippen LogP contribution in [0.2, 0.25) is 0 Å². The first-order chi connectivity index (χ1) is 10.5. The summed E-state index contributed by atoms with van der Waals surface area (Å²) in [5, 5.41) is 19.3. The third-order valence-electron chi connectivity index (χ3n) is 4.75. The molecule has 3 atom stereocenters. The molecule has 2 aliphatic rings. The lowest BCUT2D eigenvalue weighted by Crippen LogP contribution is -2.46. The Bertz CT molecular complexity index is 544. The van der Waals surface area contributed by atoms with Gasteiger partial charge >= 0.3 is 0 Å². The molecule has 2 aliphatic carbocycles. The summed E-state index contributed by atoms with van der Waals surface area (Å²) in [5.41, 5.74) is 6.86. The van der Waals surface area contributed by atoms with Crippen molar-refractivity contribution in [2.45, 2.75) is 56.8 Å². The van der Waals surface area contributed by atoms with E-state index in [0.717, 1.165) is 18.4 Å². The SMILES string of the molecule is N[C@@H]1C[C@@H](C(=O)N(Cc2cccc(O)c2)C2CC2)CC[C@H]1O. The zero-order valence-corrected chi connectivity index (χ0v) is 12.7. The van der Waals surface area contributed by atoms with Crippen LogP contribution in [0.25, 0.3) is 0 Å². The zero-order valence-electron chi connectivity index (χ0n) is 12.7. The maximum Gasteiger partial charge on any atom is 0.226 e.